The van der Waals surface area contributed by atoms with Gasteiger partial charge < -0.3 is 10.6 Å². The highest BCUT2D eigenvalue weighted by molar-refractivity contribution is 5.74. The Labute approximate surface area is 135 Å². The number of carbonyl (C=O) groups is 1. The fourth-order valence-corrected chi connectivity index (χ4v) is 2.80. The highest BCUT2D eigenvalue weighted by Gasteiger charge is 2.25. The van der Waals surface area contributed by atoms with Gasteiger partial charge in [-0.05, 0) is 31.4 Å². The van der Waals surface area contributed by atoms with Crippen LogP contribution in [0.25, 0.3) is 0 Å². The standard InChI is InChI=1S/C16H22N6O/c1-3-14-20-15-13(7-5-9-22(15)21-14)19-16(23)18-11(2)12-6-4-8-17-10-12/h4,6,8,10-11,13H,3,5,7,9H2,1-2H3,(H2,18,19,23). The van der Waals surface area contributed by atoms with Crippen LogP contribution in [0.1, 0.15) is 56.0 Å². The Kier molecular flexibility index (Phi) is 4.55. The number of aromatic nitrogens is 4. The van der Waals surface area contributed by atoms with E-state index in [1.807, 2.05) is 30.7 Å². The van der Waals surface area contributed by atoms with E-state index in [9.17, 15) is 4.79 Å². The average Bonchev–Trinajstić information content (AvgIpc) is 3.00. The number of urea groups is 1. The Morgan fingerprint density at radius 1 is 1.52 bits per heavy atom. The van der Waals surface area contributed by atoms with Crippen LogP contribution in [0.5, 0.6) is 0 Å². The molecule has 0 saturated carbocycles. The van der Waals surface area contributed by atoms with Gasteiger partial charge in [0.25, 0.3) is 0 Å². The van der Waals surface area contributed by atoms with Crippen LogP contribution in [0, 0.1) is 0 Å². The van der Waals surface area contributed by atoms with E-state index >= 15 is 0 Å². The minimum atomic E-state index is -0.194. The molecule has 0 aliphatic carbocycles. The number of nitrogens with zero attached hydrogens (tertiary/aromatic N) is 4. The van der Waals surface area contributed by atoms with Gasteiger partial charge in [-0.25, -0.2) is 14.5 Å². The van der Waals surface area contributed by atoms with Crippen LogP contribution in [0.2, 0.25) is 0 Å². The third-order valence-corrected chi connectivity index (χ3v) is 4.07. The Morgan fingerprint density at radius 2 is 2.39 bits per heavy atom. The number of rotatable bonds is 4. The maximum Gasteiger partial charge on any atom is 0.315 e. The molecule has 0 bridgehead atoms. The summed E-state index contributed by atoms with van der Waals surface area (Å²) in [4.78, 5) is 20.9. The molecule has 7 heteroatoms. The molecule has 122 valence electrons. The maximum absolute atomic E-state index is 12.3. The Balaban J connectivity index is 1.64. The minimum Gasteiger partial charge on any atom is -0.332 e. The molecule has 2 atom stereocenters. The summed E-state index contributed by atoms with van der Waals surface area (Å²) in [5.41, 5.74) is 0.975. The van der Waals surface area contributed by atoms with Crippen molar-refractivity contribution < 1.29 is 4.79 Å². The van der Waals surface area contributed by atoms with Gasteiger partial charge in [0.05, 0.1) is 12.1 Å². The average molecular weight is 314 g/mol. The lowest BCUT2D eigenvalue weighted by Crippen LogP contribution is -2.41. The van der Waals surface area contributed by atoms with Crippen molar-refractivity contribution in [2.75, 3.05) is 0 Å². The van der Waals surface area contributed by atoms with Gasteiger partial charge in [-0.2, -0.15) is 5.10 Å². The second-order valence-electron chi connectivity index (χ2n) is 5.78. The number of hydrogen-bond acceptors (Lipinski definition) is 4. The summed E-state index contributed by atoms with van der Waals surface area (Å²) in [6, 6.07) is 3.43. The first-order chi connectivity index (χ1) is 11.2. The molecule has 7 nitrogen and oxygen atoms in total. The second-order valence-corrected chi connectivity index (χ2v) is 5.78. The van der Waals surface area contributed by atoms with E-state index in [1.54, 1.807) is 12.4 Å². The van der Waals surface area contributed by atoms with Crippen molar-refractivity contribution in [3.8, 4) is 0 Å². The first kappa shape index (κ1) is 15.5. The summed E-state index contributed by atoms with van der Waals surface area (Å²) in [6.07, 6.45) is 6.16. The predicted molar refractivity (Wildman–Crippen MR) is 85.7 cm³/mol. The van der Waals surface area contributed by atoms with Gasteiger partial charge in [-0.3, -0.25) is 4.98 Å². The zero-order valence-electron chi connectivity index (χ0n) is 13.5. The largest absolute Gasteiger partial charge is 0.332 e. The first-order valence-corrected chi connectivity index (χ1v) is 8.08. The van der Waals surface area contributed by atoms with E-state index in [4.69, 9.17) is 0 Å². The van der Waals surface area contributed by atoms with Crippen LogP contribution in [0.3, 0.4) is 0 Å². The summed E-state index contributed by atoms with van der Waals surface area (Å²) in [5, 5.41) is 10.4. The predicted octanol–water partition coefficient (Wildman–Crippen LogP) is 2.13. The lowest BCUT2D eigenvalue weighted by atomic mass is 10.1. The first-order valence-electron chi connectivity index (χ1n) is 8.08. The molecule has 2 N–H and O–H groups in total. The van der Waals surface area contributed by atoms with Crippen LogP contribution in [0.15, 0.2) is 24.5 Å². The topological polar surface area (TPSA) is 84.7 Å². The molecule has 0 aromatic carbocycles. The van der Waals surface area contributed by atoms with Crippen molar-refractivity contribution in [3.05, 3.63) is 41.7 Å². The third kappa shape index (κ3) is 3.49. The van der Waals surface area contributed by atoms with Crippen molar-refractivity contribution in [2.24, 2.45) is 0 Å². The van der Waals surface area contributed by atoms with Crippen LogP contribution < -0.4 is 10.6 Å². The summed E-state index contributed by atoms with van der Waals surface area (Å²) in [7, 11) is 0. The van der Waals surface area contributed by atoms with Crippen LogP contribution in [-0.4, -0.2) is 25.8 Å². The third-order valence-electron chi connectivity index (χ3n) is 4.07. The lowest BCUT2D eigenvalue weighted by Gasteiger charge is -2.24. The van der Waals surface area contributed by atoms with Crippen LogP contribution in [0.4, 0.5) is 4.79 Å². The van der Waals surface area contributed by atoms with Gasteiger partial charge in [-0.15, -0.1) is 0 Å². The zero-order chi connectivity index (χ0) is 16.2. The molecule has 3 heterocycles. The van der Waals surface area contributed by atoms with Crippen molar-refractivity contribution in [3.63, 3.8) is 0 Å². The molecule has 23 heavy (non-hydrogen) atoms. The van der Waals surface area contributed by atoms with E-state index < -0.39 is 0 Å². The smallest absolute Gasteiger partial charge is 0.315 e. The van der Waals surface area contributed by atoms with Crippen molar-refractivity contribution >= 4 is 6.03 Å². The number of carbonyl (C=O) groups excluding carboxylic acids is 1. The monoisotopic (exact) mass is 314 g/mol. The number of amides is 2. The Morgan fingerprint density at radius 3 is 3.13 bits per heavy atom. The van der Waals surface area contributed by atoms with Crippen molar-refractivity contribution in [1.29, 1.82) is 0 Å². The molecular formula is C16H22N6O. The van der Waals surface area contributed by atoms with Gasteiger partial charge in [-0.1, -0.05) is 13.0 Å². The van der Waals surface area contributed by atoms with Gasteiger partial charge in [0, 0.05) is 25.4 Å². The summed E-state index contributed by atoms with van der Waals surface area (Å²) in [6.45, 7) is 4.84. The van der Waals surface area contributed by atoms with E-state index in [2.05, 4.69) is 25.7 Å². The van der Waals surface area contributed by atoms with Gasteiger partial charge in [0.15, 0.2) is 5.82 Å². The van der Waals surface area contributed by atoms with Crippen molar-refractivity contribution in [2.45, 2.75) is 51.7 Å². The van der Waals surface area contributed by atoms with E-state index in [0.717, 1.165) is 43.0 Å². The van der Waals surface area contributed by atoms with E-state index in [-0.39, 0.29) is 18.1 Å². The second kappa shape index (κ2) is 6.76. The zero-order valence-corrected chi connectivity index (χ0v) is 13.5. The minimum absolute atomic E-state index is 0.0855. The molecule has 2 unspecified atom stereocenters. The molecule has 0 saturated heterocycles. The molecule has 2 aromatic rings. The van der Waals surface area contributed by atoms with Crippen LogP contribution in [-0.2, 0) is 13.0 Å². The fraction of sp³-hybridized carbons (Fsp3) is 0.500. The Bertz CT molecular complexity index is 668. The lowest BCUT2D eigenvalue weighted by molar-refractivity contribution is 0.229. The Hall–Kier alpha value is -2.44. The van der Waals surface area contributed by atoms with Crippen LogP contribution >= 0.6 is 0 Å². The molecule has 2 amide bonds. The summed E-state index contributed by atoms with van der Waals surface area (Å²) < 4.78 is 1.91. The molecule has 3 rings (SSSR count). The number of hydrogen-bond donors (Lipinski definition) is 2. The molecular weight excluding hydrogens is 292 g/mol. The summed E-state index contributed by atoms with van der Waals surface area (Å²) in [5.74, 6) is 1.69. The SMILES string of the molecule is CCc1nc2n(n1)CCCC2NC(=O)NC(C)c1cccnc1. The summed E-state index contributed by atoms with van der Waals surface area (Å²) >= 11 is 0. The molecule has 0 radical (unpaired) electrons. The van der Waals surface area contributed by atoms with Gasteiger partial charge >= 0.3 is 6.03 Å². The fourth-order valence-electron chi connectivity index (χ4n) is 2.80. The number of pyridine rings is 1. The van der Waals surface area contributed by atoms with Crippen molar-refractivity contribution in [1.82, 2.24) is 30.4 Å². The highest BCUT2D eigenvalue weighted by Crippen LogP contribution is 2.23. The molecule has 2 aromatic heterocycles. The number of aryl methyl sites for hydroxylation is 2. The van der Waals surface area contributed by atoms with Gasteiger partial charge in [0.1, 0.15) is 5.82 Å². The molecule has 1 aliphatic rings. The van der Waals surface area contributed by atoms with E-state index in [0.29, 0.717) is 0 Å². The quantitative estimate of drug-likeness (QED) is 0.905. The molecule has 1 aliphatic heterocycles. The van der Waals surface area contributed by atoms with E-state index in [1.165, 1.54) is 0 Å². The maximum atomic E-state index is 12.3. The number of fused-ring (bicyclic) bond motifs is 1. The number of nitrogens with one attached hydrogen (secondary N) is 2. The molecule has 0 spiro atoms. The molecule has 0 fully saturated rings. The highest BCUT2D eigenvalue weighted by atomic mass is 16.2. The van der Waals surface area contributed by atoms with Gasteiger partial charge in [0.2, 0.25) is 0 Å². The normalized spacial score (nSPS) is 18.1.